The molecule has 0 aliphatic carbocycles. The molecule has 0 spiro atoms. The largest absolute Gasteiger partial charge is 0.462 e. The number of carbonyl (C=O) groups excluding carboxylic acids is 3. The van der Waals surface area contributed by atoms with Crippen molar-refractivity contribution < 1.29 is 34.1 Å². The lowest BCUT2D eigenvalue weighted by atomic mass is 10.1. The third kappa shape index (κ3) is 12.1. The molecule has 0 heterocycles. The van der Waals surface area contributed by atoms with E-state index < -0.39 is 29.2 Å². The van der Waals surface area contributed by atoms with Crippen LogP contribution in [0.4, 0.5) is 16.2 Å². The molecule has 9 nitrogen and oxygen atoms in total. The van der Waals surface area contributed by atoms with Gasteiger partial charge in [-0.1, -0.05) is 50.4 Å². The molecule has 0 aliphatic heterocycles. The summed E-state index contributed by atoms with van der Waals surface area (Å²) in [5.74, 6) is 9.99. The van der Waals surface area contributed by atoms with Gasteiger partial charge in [0, 0.05) is 11.1 Å². The molecule has 0 atom stereocenters. The van der Waals surface area contributed by atoms with E-state index in [9.17, 15) is 24.6 Å². The first kappa shape index (κ1) is 33.9. The second kappa shape index (κ2) is 15.6. The molecule has 2 rings (SSSR count). The SMILES string of the molecule is CCCCOC(=O)c1ccc(NC(=O)Nc2ccc(C(=O)OCCCC)cc2C#CC(C)(C)O)c(C#CC(C)(C)O)c1. The highest BCUT2D eigenvalue weighted by molar-refractivity contribution is 6.02. The third-order valence-corrected chi connectivity index (χ3v) is 5.48. The molecule has 0 aliphatic rings. The molecule has 0 radical (unpaired) electrons. The molecule has 0 saturated heterocycles. The number of hydrogen-bond acceptors (Lipinski definition) is 7. The van der Waals surface area contributed by atoms with Crippen molar-refractivity contribution in [3.63, 3.8) is 0 Å². The first-order valence-electron chi connectivity index (χ1n) is 13.9. The topological polar surface area (TPSA) is 134 Å². The van der Waals surface area contributed by atoms with Gasteiger partial charge in [0.25, 0.3) is 0 Å². The Morgan fingerprint density at radius 2 is 1.10 bits per heavy atom. The van der Waals surface area contributed by atoms with Crippen LogP contribution >= 0.6 is 0 Å². The zero-order chi connectivity index (χ0) is 31.3. The Hall–Kier alpha value is -4.31. The van der Waals surface area contributed by atoms with Crippen molar-refractivity contribution in [2.24, 2.45) is 0 Å². The molecule has 0 bridgehead atoms. The Morgan fingerprint density at radius 1 is 0.714 bits per heavy atom. The van der Waals surface area contributed by atoms with Crippen LogP contribution in [0.5, 0.6) is 0 Å². The van der Waals surface area contributed by atoms with Crippen LogP contribution in [0.1, 0.15) is 99.1 Å². The second-order valence-electron chi connectivity index (χ2n) is 10.7. The highest BCUT2D eigenvalue weighted by atomic mass is 16.5. The summed E-state index contributed by atoms with van der Waals surface area (Å²) in [6.07, 6.45) is 3.23. The maximum absolute atomic E-state index is 13.1. The van der Waals surface area contributed by atoms with E-state index in [0.717, 1.165) is 25.7 Å². The molecule has 0 fully saturated rings. The monoisotopic (exact) mass is 576 g/mol. The van der Waals surface area contributed by atoms with Crippen molar-refractivity contribution in [3.8, 4) is 23.7 Å². The van der Waals surface area contributed by atoms with Gasteiger partial charge in [-0.2, -0.15) is 0 Å². The summed E-state index contributed by atoms with van der Waals surface area (Å²) in [7, 11) is 0. The zero-order valence-electron chi connectivity index (χ0n) is 25.1. The van der Waals surface area contributed by atoms with Crippen LogP contribution in [0, 0.1) is 23.7 Å². The highest BCUT2D eigenvalue weighted by Gasteiger charge is 2.16. The second-order valence-corrected chi connectivity index (χ2v) is 10.7. The Labute approximate surface area is 248 Å². The van der Waals surface area contributed by atoms with Gasteiger partial charge in [0.1, 0.15) is 11.2 Å². The molecule has 42 heavy (non-hydrogen) atoms. The molecular formula is C33H40N2O7. The lowest BCUT2D eigenvalue weighted by Gasteiger charge is -2.14. The summed E-state index contributed by atoms with van der Waals surface area (Å²) in [5, 5.41) is 25.6. The molecule has 4 N–H and O–H groups in total. The minimum Gasteiger partial charge on any atom is -0.462 e. The van der Waals surface area contributed by atoms with E-state index in [1.807, 2.05) is 13.8 Å². The van der Waals surface area contributed by atoms with Crippen LogP contribution in [-0.4, -0.2) is 52.6 Å². The smallest absolute Gasteiger partial charge is 0.338 e. The number of urea groups is 1. The Kier molecular flexibility index (Phi) is 12.6. The number of ether oxygens (including phenoxy) is 2. The molecular weight excluding hydrogens is 536 g/mol. The molecule has 9 heteroatoms. The van der Waals surface area contributed by atoms with Crippen LogP contribution in [0.25, 0.3) is 0 Å². The number of amides is 2. The number of esters is 2. The van der Waals surface area contributed by atoms with E-state index in [-0.39, 0.29) is 35.7 Å². The van der Waals surface area contributed by atoms with E-state index in [4.69, 9.17) is 9.47 Å². The van der Waals surface area contributed by atoms with Gasteiger partial charge in [-0.15, -0.1) is 0 Å². The summed E-state index contributed by atoms with van der Waals surface area (Å²) in [5.41, 5.74) is -0.960. The number of anilines is 2. The highest BCUT2D eigenvalue weighted by Crippen LogP contribution is 2.21. The van der Waals surface area contributed by atoms with E-state index in [2.05, 4.69) is 34.3 Å². The van der Waals surface area contributed by atoms with Crippen molar-refractivity contribution in [1.29, 1.82) is 0 Å². The van der Waals surface area contributed by atoms with Crippen LogP contribution in [-0.2, 0) is 9.47 Å². The Morgan fingerprint density at radius 3 is 1.43 bits per heavy atom. The van der Waals surface area contributed by atoms with E-state index in [0.29, 0.717) is 11.1 Å². The van der Waals surface area contributed by atoms with Crippen molar-refractivity contribution >= 4 is 29.3 Å². The van der Waals surface area contributed by atoms with Gasteiger partial charge in [-0.25, -0.2) is 14.4 Å². The number of rotatable bonds is 10. The molecule has 2 amide bonds. The number of nitrogens with one attached hydrogen (secondary N) is 2. The van der Waals surface area contributed by atoms with Crippen molar-refractivity contribution in [3.05, 3.63) is 58.7 Å². The molecule has 0 saturated carbocycles. The molecule has 0 aromatic heterocycles. The van der Waals surface area contributed by atoms with E-state index >= 15 is 0 Å². The van der Waals surface area contributed by atoms with E-state index in [1.54, 1.807) is 0 Å². The summed E-state index contributed by atoms with van der Waals surface area (Å²) in [6.45, 7) is 10.6. The minimum atomic E-state index is -1.31. The fourth-order valence-corrected chi connectivity index (χ4v) is 3.27. The van der Waals surface area contributed by atoms with Crippen LogP contribution in [0.3, 0.4) is 0 Å². The fraction of sp³-hybridized carbons (Fsp3) is 0.424. The first-order chi connectivity index (χ1) is 19.7. The maximum Gasteiger partial charge on any atom is 0.338 e. The Balaban J connectivity index is 2.37. The van der Waals surface area contributed by atoms with E-state index in [1.165, 1.54) is 64.1 Å². The summed E-state index contributed by atoms with van der Waals surface area (Å²) < 4.78 is 10.6. The summed E-state index contributed by atoms with van der Waals surface area (Å²) in [4.78, 5) is 38.0. The summed E-state index contributed by atoms with van der Waals surface area (Å²) >= 11 is 0. The maximum atomic E-state index is 13.1. The molecule has 0 unspecified atom stereocenters. The van der Waals surface area contributed by atoms with Crippen molar-refractivity contribution in [2.45, 2.75) is 78.4 Å². The predicted molar refractivity (Wildman–Crippen MR) is 162 cm³/mol. The number of carbonyl (C=O) groups is 3. The van der Waals surface area contributed by atoms with Gasteiger partial charge < -0.3 is 30.3 Å². The number of benzene rings is 2. The van der Waals surface area contributed by atoms with Crippen LogP contribution in [0.2, 0.25) is 0 Å². The van der Waals surface area contributed by atoms with Gasteiger partial charge in [-0.3, -0.25) is 0 Å². The quantitative estimate of drug-likeness (QED) is 0.167. The summed E-state index contributed by atoms with van der Waals surface area (Å²) in [6, 6.07) is 8.40. The van der Waals surface area contributed by atoms with Crippen molar-refractivity contribution in [2.75, 3.05) is 23.8 Å². The Bertz CT molecular complexity index is 1290. The van der Waals surface area contributed by atoms with Gasteiger partial charge in [0.15, 0.2) is 0 Å². The molecule has 2 aromatic carbocycles. The first-order valence-corrected chi connectivity index (χ1v) is 13.9. The average Bonchev–Trinajstić information content (AvgIpc) is 2.91. The minimum absolute atomic E-state index is 0.252. The standard InChI is InChI=1S/C33H40N2O7/c1-7-9-19-41-29(36)25-11-13-27(23(21-25)15-17-32(3,4)39)34-31(38)35-28-14-12-26(30(37)42-20-10-8-2)22-24(28)16-18-33(5,6)40/h11-14,21-22,39-40H,7-10,19-20H2,1-6H3,(H2,34,35,38). The van der Waals surface area contributed by atoms with Crippen LogP contribution in [0.15, 0.2) is 36.4 Å². The zero-order valence-corrected chi connectivity index (χ0v) is 25.1. The predicted octanol–water partition coefficient (Wildman–Crippen LogP) is 5.49. The fourth-order valence-electron chi connectivity index (χ4n) is 3.27. The van der Waals surface area contributed by atoms with Crippen LogP contribution < -0.4 is 10.6 Å². The molecule has 2 aromatic rings. The number of unbranched alkanes of at least 4 members (excludes halogenated alkanes) is 2. The van der Waals surface area contributed by atoms with Gasteiger partial charge >= 0.3 is 18.0 Å². The molecule has 224 valence electrons. The average molecular weight is 577 g/mol. The third-order valence-electron chi connectivity index (χ3n) is 5.48. The number of aliphatic hydroxyl groups is 2. The number of hydrogen-bond donors (Lipinski definition) is 4. The lowest BCUT2D eigenvalue weighted by molar-refractivity contribution is 0.0490. The van der Waals surface area contributed by atoms with Gasteiger partial charge in [-0.05, 0) is 76.9 Å². The van der Waals surface area contributed by atoms with Gasteiger partial charge in [0.2, 0.25) is 0 Å². The van der Waals surface area contributed by atoms with Crippen molar-refractivity contribution in [1.82, 2.24) is 0 Å². The lowest BCUT2D eigenvalue weighted by Crippen LogP contribution is -2.21. The normalized spacial score (nSPS) is 10.9. The van der Waals surface area contributed by atoms with Gasteiger partial charge in [0.05, 0.1) is 35.7 Å².